The first-order chi connectivity index (χ1) is 6.84. The van der Waals surface area contributed by atoms with Gasteiger partial charge < -0.3 is 10.6 Å². The lowest BCUT2D eigenvalue weighted by Crippen LogP contribution is -2.38. The molecule has 0 aliphatic carbocycles. The topological polar surface area (TPSA) is 71.8 Å². The van der Waals surface area contributed by atoms with E-state index in [2.05, 4.69) is 20.7 Å². The van der Waals surface area contributed by atoms with Crippen LogP contribution in [0.5, 0.6) is 0 Å². The fourth-order valence-corrected chi connectivity index (χ4v) is 1.51. The summed E-state index contributed by atoms with van der Waals surface area (Å²) in [6, 6.07) is 0.269. The quantitative estimate of drug-likeness (QED) is 0.632. The summed E-state index contributed by atoms with van der Waals surface area (Å²) in [6.45, 7) is 2.09. The molecular formula is C8H13N5O. The Morgan fingerprint density at radius 1 is 1.71 bits per heavy atom. The second-order valence-corrected chi connectivity index (χ2v) is 3.35. The van der Waals surface area contributed by atoms with Gasteiger partial charge in [0.15, 0.2) is 0 Å². The highest BCUT2D eigenvalue weighted by Crippen LogP contribution is 1.96. The lowest BCUT2D eigenvalue weighted by atomic mass is 10.2. The third-order valence-corrected chi connectivity index (χ3v) is 2.20. The first kappa shape index (κ1) is 9.14. The van der Waals surface area contributed by atoms with Gasteiger partial charge in [-0.2, -0.15) is 5.10 Å². The van der Waals surface area contributed by atoms with Crippen LogP contribution in [-0.4, -0.2) is 39.8 Å². The van der Waals surface area contributed by atoms with Gasteiger partial charge in [-0.05, 0) is 13.0 Å². The second kappa shape index (κ2) is 4.19. The van der Waals surface area contributed by atoms with Crippen molar-refractivity contribution < 1.29 is 4.79 Å². The Bertz CT molecular complexity index is 291. The Balaban J connectivity index is 1.78. The monoisotopic (exact) mass is 195 g/mol. The van der Waals surface area contributed by atoms with Gasteiger partial charge >= 0.3 is 0 Å². The van der Waals surface area contributed by atoms with Crippen LogP contribution in [0.2, 0.25) is 0 Å². The molecule has 0 aromatic carbocycles. The minimum atomic E-state index is -0.01000. The van der Waals surface area contributed by atoms with E-state index in [0.29, 0.717) is 0 Å². The number of nitrogens with zero attached hydrogens (tertiary/aromatic N) is 3. The number of carbonyl (C=O) groups excluding carboxylic acids is 1. The number of aromatic nitrogens is 3. The first-order valence-electron chi connectivity index (χ1n) is 4.67. The minimum Gasteiger partial charge on any atom is -0.350 e. The van der Waals surface area contributed by atoms with Crippen LogP contribution in [0.1, 0.15) is 6.42 Å². The largest absolute Gasteiger partial charge is 0.350 e. The molecule has 0 saturated carbocycles. The highest BCUT2D eigenvalue weighted by atomic mass is 16.2. The van der Waals surface area contributed by atoms with Crippen LogP contribution in [0.3, 0.4) is 0 Å². The molecule has 14 heavy (non-hydrogen) atoms. The molecule has 1 aromatic heterocycles. The molecule has 1 aliphatic heterocycles. The third kappa shape index (κ3) is 2.29. The maximum absolute atomic E-state index is 11.4. The van der Waals surface area contributed by atoms with Gasteiger partial charge in [-0.1, -0.05) is 0 Å². The number of hydrogen-bond acceptors (Lipinski definition) is 4. The van der Waals surface area contributed by atoms with Crippen molar-refractivity contribution in [2.45, 2.75) is 19.0 Å². The Labute approximate surface area is 81.7 Å². The van der Waals surface area contributed by atoms with Crippen LogP contribution < -0.4 is 10.6 Å². The predicted octanol–water partition coefficient (Wildman–Crippen LogP) is -1.24. The summed E-state index contributed by atoms with van der Waals surface area (Å²) in [6.07, 6.45) is 3.96. The molecular weight excluding hydrogens is 182 g/mol. The Hall–Kier alpha value is -1.43. The number of carbonyl (C=O) groups is 1. The van der Waals surface area contributed by atoms with Crippen molar-refractivity contribution in [2.75, 3.05) is 13.1 Å². The van der Waals surface area contributed by atoms with Crippen molar-refractivity contribution in [1.29, 1.82) is 0 Å². The van der Waals surface area contributed by atoms with Crippen LogP contribution >= 0.6 is 0 Å². The van der Waals surface area contributed by atoms with Gasteiger partial charge in [0, 0.05) is 12.6 Å². The summed E-state index contributed by atoms with van der Waals surface area (Å²) in [7, 11) is 0. The normalized spacial score (nSPS) is 21.0. The van der Waals surface area contributed by atoms with Gasteiger partial charge in [-0.15, -0.1) is 0 Å². The van der Waals surface area contributed by atoms with Gasteiger partial charge in [0.25, 0.3) is 0 Å². The molecule has 0 radical (unpaired) electrons. The third-order valence-electron chi connectivity index (χ3n) is 2.20. The fourth-order valence-electron chi connectivity index (χ4n) is 1.51. The predicted molar refractivity (Wildman–Crippen MR) is 49.4 cm³/mol. The molecule has 1 amide bonds. The molecule has 1 atom stereocenters. The molecule has 1 aromatic rings. The molecule has 1 fully saturated rings. The lowest BCUT2D eigenvalue weighted by Gasteiger charge is -2.10. The number of nitrogens with one attached hydrogen (secondary N) is 2. The molecule has 6 nitrogen and oxygen atoms in total. The van der Waals surface area contributed by atoms with Crippen LogP contribution in [-0.2, 0) is 11.3 Å². The highest BCUT2D eigenvalue weighted by molar-refractivity contribution is 5.75. The summed E-state index contributed by atoms with van der Waals surface area (Å²) >= 11 is 0. The fraction of sp³-hybridized carbons (Fsp3) is 0.625. The zero-order chi connectivity index (χ0) is 9.80. The second-order valence-electron chi connectivity index (χ2n) is 3.35. The van der Waals surface area contributed by atoms with Crippen molar-refractivity contribution in [3.63, 3.8) is 0 Å². The van der Waals surface area contributed by atoms with E-state index in [4.69, 9.17) is 0 Å². The van der Waals surface area contributed by atoms with E-state index in [-0.39, 0.29) is 18.5 Å². The molecule has 76 valence electrons. The van der Waals surface area contributed by atoms with Crippen molar-refractivity contribution in [1.82, 2.24) is 25.4 Å². The first-order valence-corrected chi connectivity index (χ1v) is 4.67. The summed E-state index contributed by atoms with van der Waals surface area (Å²) in [5.41, 5.74) is 0. The Morgan fingerprint density at radius 2 is 2.64 bits per heavy atom. The summed E-state index contributed by atoms with van der Waals surface area (Å²) in [5, 5.41) is 9.97. The van der Waals surface area contributed by atoms with Gasteiger partial charge in [0.05, 0.1) is 0 Å². The molecule has 0 bridgehead atoms. The number of hydrogen-bond donors (Lipinski definition) is 2. The van der Waals surface area contributed by atoms with E-state index in [9.17, 15) is 4.79 Å². The van der Waals surface area contributed by atoms with E-state index in [1.807, 2.05) is 0 Å². The summed E-state index contributed by atoms with van der Waals surface area (Å²) < 4.78 is 1.51. The van der Waals surface area contributed by atoms with Crippen LogP contribution in [0.15, 0.2) is 12.7 Å². The summed E-state index contributed by atoms with van der Waals surface area (Å²) in [5.74, 6) is -0.01000. The van der Waals surface area contributed by atoms with Gasteiger partial charge in [0.1, 0.15) is 19.2 Å². The van der Waals surface area contributed by atoms with Crippen molar-refractivity contribution in [3.05, 3.63) is 12.7 Å². The molecule has 2 rings (SSSR count). The average molecular weight is 195 g/mol. The standard InChI is InChI=1S/C8H13N5O/c14-8(4-13-6-10-5-11-13)12-7-1-2-9-3-7/h5-7,9H,1-4H2,(H,12,14). The van der Waals surface area contributed by atoms with E-state index < -0.39 is 0 Å². The van der Waals surface area contributed by atoms with Gasteiger partial charge in [0.2, 0.25) is 5.91 Å². The summed E-state index contributed by atoms with van der Waals surface area (Å²) in [4.78, 5) is 15.2. The van der Waals surface area contributed by atoms with E-state index in [0.717, 1.165) is 19.5 Å². The molecule has 1 saturated heterocycles. The Kier molecular flexibility index (Phi) is 2.73. The molecule has 1 unspecified atom stereocenters. The van der Waals surface area contributed by atoms with E-state index in [1.165, 1.54) is 17.3 Å². The zero-order valence-electron chi connectivity index (χ0n) is 7.81. The highest BCUT2D eigenvalue weighted by Gasteiger charge is 2.16. The van der Waals surface area contributed by atoms with Crippen LogP contribution in [0.4, 0.5) is 0 Å². The molecule has 6 heteroatoms. The minimum absolute atomic E-state index is 0.01000. The molecule has 2 N–H and O–H groups in total. The lowest BCUT2D eigenvalue weighted by molar-refractivity contribution is -0.122. The maximum atomic E-state index is 11.4. The van der Waals surface area contributed by atoms with Gasteiger partial charge in [-0.3, -0.25) is 4.79 Å². The molecule has 2 heterocycles. The van der Waals surface area contributed by atoms with Crippen LogP contribution in [0.25, 0.3) is 0 Å². The Morgan fingerprint density at radius 3 is 3.29 bits per heavy atom. The van der Waals surface area contributed by atoms with Crippen molar-refractivity contribution >= 4 is 5.91 Å². The van der Waals surface area contributed by atoms with E-state index >= 15 is 0 Å². The maximum Gasteiger partial charge on any atom is 0.242 e. The number of amides is 1. The van der Waals surface area contributed by atoms with Gasteiger partial charge in [-0.25, -0.2) is 9.67 Å². The smallest absolute Gasteiger partial charge is 0.242 e. The van der Waals surface area contributed by atoms with Crippen molar-refractivity contribution in [3.8, 4) is 0 Å². The molecule has 0 spiro atoms. The van der Waals surface area contributed by atoms with E-state index in [1.54, 1.807) is 0 Å². The zero-order valence-corrected chi connectivity index (χ0v) is 7.81. The number of rotatable bonds is 3. The SMILES string of the molecule is O=C(Cn1cncn1)NC1CCNC1. The average Bonchev–Trinajstić information content (AvgIpc) is 2.76. The van der Waals surface area contributed by atoms with Crippen molar-refractivity contribution in [2.24, 2.45) is 0 Å². The molecule has 1 aliphatic rings. The van der Waals surface area contributed by atoms with Crippen LogP contribution in [0, 0.1) is 0 Å².